The normalized spacial score (nSPS) is 28.3. The van der Waals surface area contributed by atoms with Gasteiger partial charge in [-0.3, -0.25) is 9.59 Å². The molecule has 180 valence electrons. The fourth-order valence-corrected chi connectivity index (χ4v) is 5.10. The number of carbonyl (C=O) groups is 2. The van der Waals surface area contributed by atoms with Crippen molar-refractivity contribution in [2.75, 3.05) is 5.32 Å². The first-order chi connectivity index (χ1) is 15.3. The number of nitrogens with one attached hydrogen (secondary N) is 2. The van der Waals surface area contributed by atoms with Crippen LogP contribution in [0.2, 0.25) is 0 Å². The van der Waals surface area contributed by atoms with Gasteiger partial charge in [0.1, 0.15) is 5.82 Å². The quantitative estimate of drug-likeness (QED) is 0.451. The summed E-state index contributed by atoms with van der Waals surface area (Å²) in [5, 5.41) is 4.33. The van der Waals surface area contributed by atoms with Gasteiger partial charge in [-0.2, -0.15) is 26.3 Å². The second kappa shape index (κ2) is 8.32. The number of alkyl halides is 6. The van der Waals surface area contributed by atoms with Crippen molar-refractivity contribution in [1.29, 1.82) is 0 Å². The molecule has 3 saturated carbocycles. The van der Waals surface area contributed by atoms with E-state index in [1.165, 1.54) is 0 Å². The van der Waals surface area contributed by atoms with Gasteiger partial charge in [0.05, 0.1) is 5.56 Å². The Kier molecular flexibility index (Phi) is 5.94. The molecule has 4 atom stereocenters. The van der Waals surface area contributed by atoms with E-state index in [1.54, 1.807) is 0 Å². The summed E-state index contributed by atoms with van der Waals surface area (Å²) in [6, 6.07) is 1.13. The Morgan fingerprint density at radius 2 is 1.67 bits per heavy atom. The lowest BCUT2D eigenvalue weighted by Crippen LogP contribution is -2.49. The molecule has 0 heterocycles. The van der Waals surface area contributed by atoms with Crippen LogP contribution in [0.5, 0.6) is 0 Å². The zero-order valence-corrected chi connectivity index (χ0v) is 17.2. The predicted octanol–water partition coefficient (Wildman–Crippen LogP) is 5.21. The number of allylic oxidation sites excluding steroid dienone is 1. The summed E-state index contributed by atoms with van der Waals surface area (Å²) in [5.74, 6) is -5.04. The third-order valence-corrected chi connectivity index (χ3v) is 6.64. The first-order valence-electron chi connectivity index (χ1n) is 10.6. The summed E-state index contributed by atoms with van der Waals surface area (Å²) in [5.41, 5.74) is -0.851. The highest BCUT2D eigenvalue weighted by Gasteiger charge is 2.54. The maximum Gasteiger partial charge on any atom is 0.471 e. The van der Waals surface area contributed by atoms with Crippen LogP contribution in [0.3, 0.4) is 0 Å². The van der Waals surface area contributed by atoms with Crippen LogP contribution in [0.15, 0.2) is 29.8 Å². The molecule has 0 saturated heterocycles. The molecule has 0 spiro atoms. The summed E-state index contributed by atoms with van der Waals surface area (Å²) in [7, 11) is 0. The van der Waals surface area contributed by atoms with Gasteiger partial charge in [0.2, 0.25) is 5.91 Å². The van der Waals surface area contributed by atoms with Crippen molar-refractivity contribution in [3.05, 3.63) is 41.2 Å². The molecule has 2 bridgehead atoms. The molecule has 1 aromatic carbocycles. The molecule has 3 fully saturated rings. The van der Waals surface area contributed by atoms with Crippen molar-refractivity contribution < 1.29 is 40.3 Å². The van der Waals surface area contributed by atoms with Crippen LogP contribution in [-0.4, -0.2) is 24.0 Å². The van der Waals surface area contributed by atoms with E-state index in [1.807, 2.05) is 11.4 Å². The van der Waals surface area contributed by atoms with Crippen LogP contribution >= 0.6 is 0 Å². The highest BCUT2D eigenvalue weighted by molar-refractivity contribution is 5.91. The smallest absolute Gasteiger partial charge is 0.345 e. The molecule has 0 radical (unpaired) electrons. The Hall–Kier alpha value is -2.59. The van der Waals surface area contributed by atoms with Crippen LogP contribution in [0.4, 0.5) is 36.4 Å². The Bertz CT molecular complexity index is 982. The van der Waals surface area contributed by atoms with Gasteiger partial charge in [-0.25, -0.2) is 4.39 Å². The lowest BCUT2D eigenvalue weighted by molar-refractivity contribution is -0.175. The number of rotatable bonds is 5. The highest BCUT2D eigenvalue weighted by atomic mass is 19.4. The lowest BCUT2D eigenvalue weighted by Gasteiger charge is -2.31. The van der Waals surface area contributed by atoms with E-state index >= 15 is 0 Å². The molecule has 0 aliphatic heterocycles. The van der Waals surface area contributed by atoms with E-state index in [0.717, 1.165) is 24.5 Å². The average Bonchev–Trinajstić information content (AvgIpc) is 3.37. The van der Waals surface area contributed by atoms with Crippen molar-refractivity contribution in [2.24, 2.45) is 23.7 Å². The number of halogens is 7. The Morgan fingerprint density at radius 1 is 1.00 bits per heavy atom. The molecule has 4 rings (SSSR count). The standard InChI is InChI=1S/C22H21F7N2O2/c23-17-6-3-11(8-16(17)21(24,25)26)30-18(32)9-15-12-4-5-13(14(12)7-10-1-2-10)19(15)31-20(33)22(27,28)29/h3,6-8,10,12-13,15,19H,1-2,4-5,9H2,(H,30,32)(H,31,33)/b14-7-/t12-,13+,15-,19-/m0/s1. The third kappa shape index (κ3) is 5.01. The minimum atomic E-state index is -5.07. The van der Waals surface area contributed by atoms with Gasteiger partial charge in [0.15, 0.2) is 0 Å². The van der Waals surface area contributed by atoms with E-state index in [-0.39, 0.29) is 23.9 Å². The number of carbonyl (C=O) groups excluding carboxylic acids is 2. The van der Waals surface area contributed by atoms with Gasteiger partial charge >= 0.3 is 18.3 Å². The van der Waals surface area contributed by atoms with Gasteiger partial charge in [0.25, 0.3) is 0 Å². The van der Waals surface area contributed by atoms with Crippen molar-refractivity contribution >= 4 is 17.5 Å². The molecule has 1 aromatic rings. The molecular weight excluding hydrogens is 457 g/mol. The lowest BCUT2D eigenvalue weighted by atomic mass is 9.82. The zero-order valence-electron chi connectivity index (χ0n) is 17.2. The second-order valence-corrected chi connectivity index (χ2v) is 8.90. The number of fused-ring (bicyclic) bond motifs is 2. The Labute approximate surface area is 184 Å². The molecule has 4 nitrogen and oxygen atoms in total. The van der Waals surface area contributed by atoms with E-state index in [2.05, 4.69) is 5.32 Å². The van der Waals surface area contributed by atoms with E-state index in [4.69, 9.17) is 0 Å². The first-order valence-corrected chi connectivity index (χ1v) is 10.6. The number of hydrogen-bond acceptors (Lipinski definition) is 2. The van der Waals surface area contributed by atoms with Crippen LogP contribution in [0, 0.1) is 29.5 Å². The van der Waals surface area contributed by atoms with Crippen molar-refractivity contribution in [3.63, 3.8) is 0 Å². The van der Waals surface area contributed by atoms with Gasteiger partial charge < -0.3 is 10.6 Å². The Balaban J connectivity index is 1.52. The average molecular weight is 478 g/mol. The molecule has 2 N–H and O–H groups in total. The summed E-state index contributed by atoms with van der Waals surface area (Å²) < 4.78 is 90.9. The fourth-order valence-electron chi connectivity index (χ4n) is 5.10. The van der Waals surface area contributed by atoms with Crippen molar-refractivity contribution in [2.45, 2.75) is 50.5 Å². The van der Waals surface area contributed by atoms with Gasteiger partial charge in [0, 0.05) is 24.1 Å². The minimum absolute atomic E-state index is 0.182. The summed E-state index contributed by atoms with van der Waals surface area (Å²) in [6.07, 6.45) is -5.04. The monoisotopic (exact) mass is 478 g/mol. The SMILES string of the molecule is O=C(C[C@@H]1[C@@H](NC(=O)C(F)(F)F)[C@@H]2CC[C@H]1/C2=C/C1CC1)Nc1ccc(F)c(C(F)(F)F)c1. The molecule has 0 unspecified atom stereocenters. The summed E-state index contributed by atoms with van der Waals surface area (Å²) >= 11 is 0. The van der Waals surface area contributed by atoms with Gasteiger partial charge in [-0.15, -0.1) is 0 Å². The summed E-state index contributed by atoms with van der Waals surface area (Å²) in [6.45, 7) is 0. The third-order valence-electron chi connectivity index (χ3n) is 6.64. The predicted molar refractivity (Wildman–Crippen MR) is 103 cm³/mol. The Morgan fingerprint density at radius 3 is 2.27 bits per heavy atom. The molecule has 3 aliphatic carbocycles. The molecule has 2 amide bonds. The maximum absolute atomic E-state index is 13.5. The minimum Gasteiger partial charge on any atom is -0.345 e. The van der Waals surface area contributed by atoms with Crippen molar-refractivity contribution in [3.8, 4) is 0 Å². The molecule has 33 heavy (non-hydrogen) atoms. The van der Waals surface area contributed by atoms with E-state index in [0.29, 0.717) is 30.9 Å². The van der Waals surface area contributed by atoms with Crippen LogP contribution in [0.25, 0.3) is 0 Å². The van der Waals surface area contributed by atoms with Crippen LogP contribution < -0.4 is 10.6 Å². The van der Waals surface area contributed by atoms with Gasteiger partial charge in [-0.1, -0.05) is 11.6 Å². The second-order valence-electron chi connectivity index (χ2n) is 8.90. The molecule has 0 aromatic heterocycles. The highest BCUT2D eigenvalue weighted by Crippen LogP contribution is 2.55. The summed E-state index contributed by atoms with van der Waals surface area (Å²) in [4.78, 5) is 24.2. The van der Waals surface area contributed by atoms with Gasteiger partial charge in [-0.05, 0) is 61.6 Å². The number of anilines is 1. The number of amides is 2. The maximum atomic E-state index is 13.5. The molecular formula is C22H21F7N2O2. The molecule has 3 aliphatic rings. The van der Waals surface area contributed by atoms with Crippen molar-refractivity contribution in [1.82, 2.24) is 5.32 Å². The van der Waals surface area contributed by atoms with E-state index in [9.17, 15) is 40.3 Å². The zero-order chi connectivity index (χ0) is 24.1. The van der Waals surface area contributed by atoms with E-state index < -0.39 is 47.5 Å². The number of hydrogen-bond donors (Lipinski definition) is 2. The van der Waals surface area contributed by atoms with Crippen LogP contribution in [-0.2, 0) is 15.8 Å². The largest absolute Gasteiger partial charge is 0.471 e. The molecule has 11 heteroatoms. The van der Waals surface area contributed by atoms with Crippen LogP contribution in [0.1, 0.15) is 37.7 Å². The topological polar surface area (TPSA) is 58.2 Å². The fraction of sp³-hybridized carbons (Fsp3) is 0.545. The number of benzene rings is 1. The first kappa shape index (κ1) is 23.6.